The summed E-state index contributed by atoms with van der Waals surface area (Å²) in [4.78, 5) is 24.5. The van der Waals surface area contributed by atoms with Crippen LogP contribution < -0.4 is 0 Å². The normalized spacial score (nSPS) is 30.5. The van der Waals surface area contributed by atoms with Gasteiger partial charge in [0.25, 0.3) is 0 Å². The first kappa shape index (κ1) is 16.7. The molecule has 2 aliphatic carbocycles. The van der Waals surface area contributed by atoms with Gasteiger partial charge in [-0.3, -0.25) is 9.59 Å². The number of allylic oxidation sites excluding steroid dienone is 4. The molecule has 120 valence electrons. The molecule has 0 saturated heterocycles. The Labute approximate surface area is 133 Å². The molecule has 1 saturated carbocycles. The van der Waals surface area contributed by atoms with Gasteiger partial charge >= 0.3 is 5.97 Å². The smallest absolute Gasteiger partial charge is 0.310 e. The van der Waals surface area contributed by atoms with Crippen LogP contribution in [0.25, 0.3) is 0 Å². The van der Waals surface area contributed by atoms with Crippen LogP contribution in [0.2, 0.25) is 0 Å². The summed E-state index contributed by atoms with van der Waals surface area (Å²) in [6.07, 6.45) is 4.22. The van der Waals surface area contributed by atoms with E-state index in [0.29, 0.717) is 6.42 Å². The summed E-state index contributed by atoms with van der Waals surface area (Å²) in [6.45, 7) is 13.8. The Morgan fingerprint density at radius 3 is 2.59 bits per heavy atom. The van der Waals surface area contributed by atoms with Gasteiger partial charge in [-0.1, -0.05) is 31.6 Å². The van der Waals surface area contributed by atoms with Gasteiger partial charge in [0, 0.05) is 5.57 Å². The van der Waals surface area contributed by atoms with Crippen LogP contribution in [-0.2, 0) is 14.3 Å². The first-order valence-corrected chi connectivity index (χ1v) is 7.92. The molecular weight excluding hydrogens is 276 g/mol. The minimum absolute atomic E-state index is 0.0577. The van der Waals surface area contributed by atoms with Gasteiger partial charge < -0.3 is 4.74 Å². The Kier molecular flexibility index (Phi) is 4.46. The maximum Gasteiger partial charge on any atom is 0.310 e. The van der Waals surface area contributed by atoms with Gasteiger partial charge in [-0.2, -0.15) is 0 Å². The van der Waals surface area contributed by atoms with E-state index >= 15 is 0 Å². The number of esters is 1. The van der Waals surface area contributed by atoms with Gasteiger partial charge in [0.15, 0.2) is 5.78 Å². The van der Waals surface area contributed by atoms with Crippen molar-refractivity contribution in [1.29, 1.82) is 0 Å². The zero-order chi connectivity index (χ0) is 16.7. The SMILES string of the molecule is C=CCC1=C(C)[C@H](OC(=O)[C@@H]2[C@H](/C(C)=C/C)C2(C)C)CC1=O. The van der Waals surface area contributed by atoms with E-state index in [2.05, 4.69) is 33.4 Å². The fraction of sp³-hybridized carbons (Fsp3) is 0.579. The fourth-order valence-corrected chi connectivity index (χ4v) is 3.73. The highest BCUT2D eigenvalue weighted by Gasteiger charge is 2.63. The first-order valence-electron chi connectivity index (χ1n) is 7.92. The van der Waals surface area contributed by atoms with Gasteiger partial charge in [-0.15, -0.1) is 6.58 Å². The molecule has 0 radical (unpaired) electrons. The molecule has 2 aliphatic rings. The lowest BCUT2D eigenvalue weighted by Gasteiger charge is -2.13. The molecule has 0 aromatic rings. The minimum Gasteiger partial charge on any atom is -0.457 e. The van der Waals surface area contributed by atoms with Crippen LogP contribution in [0.1, 0.15) is 47.5 Å². The number of carbonyl (C=O) groups is 2. The lowest BCUT2D eigenvalue weighted by molar-refractivity contribution is -0.150. The molecule has 0 unspecified atom stereocenters. The molecule has 0 amide bonds. The Morgan fingerprint density at radius 1 is 1.41 bits per heavy atom. The minimum atomic E-state index is -0.391. The van der Waals surface area contributed by atoms with E-state index in [0.717, 1.165) is 11.1 Å². The van der Waals surface area contributed by atoms with Crippen molar-refractivity contribution in [3.63, 3.8) is 0 Å². The van der Waals surface area contributed by atoms with Crippen LogP contribution in [0.15, 0.2) is 35.5 Å². The number of hydrogen-bond donors (Lipinski definition) is 0. The Hall–Kier alpha value is -1.64. The summed E-state index contributed by atoms with van der Waals surface area (Å²) < 4.78 is 5.68. The van der Waals surface area contributed by atoms with Crippen LogP contribution in [0.5, 0.6) is 0 Å². The molecule has 3 nitrogen and oxygen atoms in total. The zero-order valence-corrected chi connectivity index (χ0v) is 14.2. The van der Waals surface area contributed by atoms with Gasteiger partial charge in [0.05, 0.1) is 12.3 Å². The number of ether oxygens (including phenoxy) is 1. The molecule has 3 atom stereocenters. The standard InChI is InChI=1S/C19H26O3/c1-7-9-13-12(4)15(10-14(13)20)22-18(21)17-16(11(3)8-2)19(17,5)6/h7-8,15-17H,1,9-10H2,2-6H3/b11-8+/t15-,16+,17+/m1/s1. The first-order chi connectivity index (χ1) is 10.3. The third-order valence-electron chi connectivity index (χ3n) is 5.30. The van der Waals surface area contributed by atoms with E-state index in [9.17, 15) is 9.59 Å². The second-order valence-electron chi connectivity index (χ2n) is 7.02. The molecule has 3 heteroatoms. The lowest BCUT2D eigenvalue weighted by atomic mass is 10.0. The predicted molar refractivity (Wildman–Crippen MR) is 87.2 cm³/mol. The summed E-state index contributed by atoms with van der Waals surface area (Å²) in [6, 6.07) is 0. The molecular formula is C19H26O3. The molecule has 0 aliphatic heterocycles. The molecule has 22 heavy (non-hydrogen) atoms. The van der Waals surface area contributed by atoms with Crippen molar-refractivity contribution in [1.82, 2.24) is 0 Å². The third kappa shape index (κ3) is 2.69. The van der Waals surface area contributed by atoms with Crippen molar-refractivity contribution in [3.05, 3.63) is 35.5 Å². The van der Waals surface area contributed by atoms with Crippen LogP contribution in [-0.4, -0.2) is 17.9 Å². The fourth-order valence-electron chi connectivity index (χ4n) is 3.73. The molecule has 0 aromatic heterocycles. The van der Waals surface area contributed by atoms with E-state index in [4.69, 9.17) is 4.74 Å². The predicted octanol–water partition coefficient (Wildman–Crippen LogP) is 4.00. The molecule has 1 fully saturated rings. The summed E-state index contributed by atoms with van der Waals surface area (Å²) in [5.74, 6) is 0.0498. The van der Waals surface area contributed by atoms with E-state index in [-0.39, 0.29) is 35.4 Å². The topological polar surface area (TPSA) is 43.4 Å². The highest BCUT2D eigenvalue weighted by atomic mass is 16.5. The maximum absolute atomic E-state index is 12.5. The van der Waals surface area contributed by atoms with Crippen molar-refractivity contribution in [2.75, 3.05) is 0 Å². The Bertz CT molecular complexity index is 577. The molecule has 0 spiro atoms. The summed E-state index contributed by atoms with van der Waals surface area (Å²) in [7, 11) is 0. The van der Waals surface area contributed by atoms with Gasteiger partial charge in [0.2, 0.25) is 0 Å². The quantitative estimate of drug-likeness (QED) is 0.569. The van der Waals surface area contributed by atoms with Crippen molar-refractivity contribution < 1.29 is 14.3 Å². The Balaban J connectivity index is 2.08. The number of rotatable bonds is 5. The van der Waals surface area contributed by atoms with E-state index in [1.807, 2.05) is 13.8 Å². The summed E-state index contributed by atoms with van der Waals surface area (Å²) in [5, 5.41) is 0. The van der Waals surface area contributed by atoms with Gasteiger partial charge in [-0.25, -0.2) is 0 Å². The van der Waals surface area contributed by atoms with Crippen LogP contribution in [0, 0.1) is 17.3 Å². The number of hydrogen-bond acceptors (Lipinski definition) is 3. The highest BCUT2D eigenvalue weighted by Crippen LogP contribution is 2.62. The van der Waals surface area contributed by atoms with Gasteiger partial charge in [0.1, 0.15) is 6.10 Å². The molecule has 0 bridgehead atoms. The average molecular weight is 302 g/mol. The van der Waals surface area contributed by atoms with E-state index in [1.165, 1.54) is 5.57 Å². The summed E-state index contributed by atoms with van der Waals surface area (Å²) >= 11 is 0. The molecule has 0 N–H and O–H groups in total. The van der Waals surface area contributed by atoms with Crippen LogP contribution >= 0.6 is 0 Å². The second-order valence-corrected chi connectivity index (χ2v) is 7.02. The van der Waals surface area contributed by atoms with Crippen molar-refractivity contribution in [2.24, 2.45) is 17.3 Å². The highest BCUT2D eigenvalue weighted by molar-refractivity contribution is 6.00. The van der Waals surface area contributed by atoms with Crippen molar-refractivity contribution in [3.8, 4) is 0 Å². The maximum atomic E-state index is 12.5. The molecule has 2 rings (SSSR count). The van der Waals surface area contributed by atoms with Crippen molar-refractivity contribution >= 4 is 11.8 Å². The number of ketones is 1. The van der Waals surface area contributed by atoms with Crippen molar-refractivity contribution in [2.45, 2.75) is 53.6 Å². The number of Topliss-reactive ketones (excluding diaryl/α,β-unsaturated/α-hetero) is 1. The van der Waals surface area contributed by atoms with Crippen LogP contribution in [0.4, 0.5) is 0 Å². The van der Waals surface area contributed by atoms with E-state index in [1.54, 1.807) is 6.08 Å². The van der Waals surface area contributed by atoms with Gasteiger partial charge in [-0.05, 0) is 44.1 Å². The van der Waals surface area contributed by atoms with E-state index < -0.39 is 6.10 Å². The summed E-state index contributed by atoms with van der Waals surface area (Å²) in [5.41, 5.74) is 2.81. The zero-order valence-electron chi connectivity index (χ0n) is 14.2. The monoisotopic (exact) mass is 302 g/mol. The van der Waals surface area contributed by atoms with Crippen LogP contribution in [0.3, 0.4) is 0 Å². The Morgan fingerprint density at radius 2 is 2.05 bits per heavy atom. The lowest BCUT2D eigenvalue weighted by Crippen LogP contribution is -2.20. The largest absolute Gasteiger partial charge is 0.457 e. The second kappa shape index (κ2) is 5.86. The molecule has 0 aromatic carbocycles. The average Bonchev–Trinajstić information content (AvgIpc) is 2.95. The third-order valence-corrected chi connectivity index (χ3v) is 5.30. The molecule has 0 heterocycles. The number of carbonyl (C=O) groups excluding carboxylic acids is 2.